The smallest absolute Gasteiger partial charge is 0.329 e. The van der Waals surface area contributed by atoms with E-state index in [0.29, 0.717) is 23.8 Å². The fraction of sp³-hybridized carbons (Fsp3) is 0.500. The molecule has 0 radical (unpaired) electrons. The zero-order chi connectivity index (χ0) is 26.1. The van der Waals surface area contributed by atoms with Gasteiger partial charge in [0.1, 0.15) is 18.8 Å². The highest BCUT2D eigenvalue weighted by Crippen LogP contribution is 2.33. The van der Waals surface area contributed by atoms with Crippen LogP contribution in [-0.4, -0.2) is 23.0 Å². The SMILES string of the molecule is CC(O[N+](=O)[O-])c1ccc(COC(=O)[C@@H](Cc2ccccc2)NC(=O)C2CCC(C(C)C)CC2)cc1. The van der Waals surface area contributed by atoms with Crippen LogP contribution in [0.15, 0.2) is 54.6 Å². The van der Waals surface area contributed by atoms with E-state index in [-0.39, 0.29) is 18.4 Å². The molecule has 0 bridgehead atoms. The Bertz CT molecular complexity index is 1000. The first-order chi connectivity index (χ1) is 17.2. The van der Waals surface area contributed by atoms with E-state index in [9.17, 15) is 19.7 Å². The summed E-state index contributed by atoms with van der Waals surface area (Å²) in [7, 11) is 0. The first-order valence-electron chi connectivity index (χ1n) is 12.6. The summed E-state index contributed by atoms with van der Waals surface area (Å²) in [5, 5.41) is 12.7. The number of carbonyl (C=O) groups excluding carboxylic acids is 2. The number of nitrogens with one attached hydrogen (secondary N) is 1. The zero-order valence-electron chi connectivity index (χ0n) is 21.2. The van der Waals surface area contributed by atoms with Crippen molar-refractivity contribution in [3.8, 4) is 0 Å². The average molecular weight is 497 g/mol. The number of nitrogens with zero attached hydrogens (tertiary/aromatic N) is 1. The van der Waals surface area contributed by atoms with Gasteiger partial charge in [-0.1, -0.05) is 68.4 Å². The standard InChI is InChI=1S/C28H36N2O6/c1-19(2)23-13-15-25(16-14-23)27(31)29-26(17-21-7-5-4-6-8-21)28(32)35-18-22-9-11-24(12-10-22)20(3)36-30(33)34/h4-12,19-20,23,25-26H,13-18H2,1-3H3,(H,29,31)/t20?,23?,25?,26-/m1/s1. The van der Waals surface area contributed by atoms with Gasteiger partial charge in [-0.2, -0.15) is 0 Å². The summed E-state index contributed by atoms with van der Waals surface area (Å²) in [6, 6.07) is 15.7. The number of benzene rings is 2. The molecule has 0 aromatic heterocycles. The molecule has 0 saturated heterocycles. The monoisotopic (exact) mass is 496 g/mol. The van der Waals surface area contributed by atoms with Crippen LogP contribution in [-0.2, 0) is 32.2 Å². The second-order valence-corrected chi connectivity index (χ2v) is 9.93. The van der Waals surface area contributed by atoms with Crippen molar-refractivity contribution in [1.29, 1.82) is 0 Å². The molecule has 194 valence electrons. The molecule has 1 unspecified atom stereocenters. The predicted octanol–water partition coefficient (Wildman–Crippen LogP) is 5.19. The summed E-state index contributed by atoms with van der Waals surface area (Å²) in [6.45, 7) is 6.07. The minimum absolute atomic E-state index is 0.0320. The normalized spacial score (nSPS) is 19.2. The maximum absolute atomic E-state index is 13.1. The van der Waals surface area contributed by atoms with Gasteiger partial charge in [0.2, 0.25) is 5.91 Å². The van der Waals surface area contributed by atoms with Crippen molar-refractivity contribution in [2.24, 2.45) is 17.8 Å². The molecule has 0 aliphatic heterocycles. The lowest BCUT2D eigenvalue weighted by Crippen LogP contribution is -2.46. The van der Waals surface area contributed by atoms with E-state index in [2.05, 4.69) is 24.0 Å². The fourth-order valence-electron chi connectivity index (χ4n) is 4.71. The molecule has 1 saturated carbocycles. The minimum Gasteiger partial charge on any atom is -0.459 e. The molecule has 2 atom stereocenters. The van der Waals surface area contributed by atoms with Gasteiger partial charge in [-0.25, -0.2) is 4.79 Å². The molecule has 3 rings (SSSR count). The first-order valence-corrected chi connectivity index (χ1v) is 12.6. The summed E-state index contributed by atoms with van der Waals surface area (Å²) in [5.74, 6) is 0.616. The third-order valence-corrected chi connectivity index (χ3v) is 7.04. The van der Waals surface area contributed by atoms with E-state index in [1.165, 1.54) is 0 Å². The van der Waals surface area contributed by atoms with E-state index in [4.69, 9.17) is 4.74 Å². The third kappa shape index (κ3) is 8.07. The lowest BCUT2D eigenvalue weighted by Gasteiger charge is -2.31. The van der Waals surface area contributed by atoms with Gasteiger partial charge in [-0.15, -0.1) is 10.1 Å². The zero-order valence-corrected chi connectivity index (χ0v) is 21.2. The van der Waals surface area contributed by atoms with Gasteiger partial charge in [-0.05, 0) is 61.1 Å². The predicted molar refractivity (Wildman–Crippen MR) is 135 cm³/mol. The van der Waals surface area contributed by atoms with Gasteiger partial charge < -0.3 is 14.9 Å². The summed E-state index contributed by atoms with van der Waals surface area (Å²) < 4.78 is 5.57. The van der Waals surface area contributed by atoms with E-state index in [0.717, 1.165) is 36.8 Å². The second-order valence-electron chi connectivity index (χ2n) is 9.93. The third-order valence-electron chi connectivity index (χ3n) is 7.04. The summed E-state index contributed by atoms with van der Waals surface area (Å²) in [6.07, 6.45) is 3.40. The first kappa shape index (κ1) is 27.2. The van der Waals surface area contributed by atoms with Crippen molar-refractivity contribution < 1.29 is 24.3 Å². The van der Waals surface area contributed by atoms with Crippen molar-refractivity contribution in [3.05, 3.63) is 81.4 Å². The van der Waals surface area contributed by atoms with Crippen LogP contribution in [0.2, 0.25) is 0 Å². The number of carbonyl (C=O) groups is 2. The Morgan fingerprint density at radius 2 is 1.61 bits per heavy atom. The highest BCUT2D eigenvalue weighted by Gasteiger charge is 2.31. The van der Waals surface area contributed by atoms with Crippen molar-refractivity contribution in [3.63, 3.8) is 0 Å². The van der Waals surface area contributed by atoms with E-state index in [1.807, 2.05) is 30.3 Å². The molecule has 0 spiro atoms. The number of ether oxygens (including phenoxy) is 1. The van der Waals surface area contributed by atoms with E-state index >= 15 is 0 Å². The molecular weight excluding hydrogens is 460 g/mol. The van der Waals surface area contributed by atoms with Gasteiger partial charge in [0, 0.05) is 12.3 Å². The lowest BCUT2D eigenvalue weighted by molar-refractivity contribution is -0.770. The number of rotatable bonds is 11. The van der Waals surface area contributed by atoms with Crippen molar-refractivity contribution >= 4 is 11.9 Å². The molecule has 2 aromatic carbocycles. The molecule has 1 amide bonds. The van der Waals surface area contributed by atoms with Crippen LogP contribution >= 0.6 is 0 Å². The van der Waals surface area contributed by atoms with Crippen LogP contribution in [0.25, 0.3) is 0 Å². The largest absolute Gasteiger partial charge is 0.459 e. The molecule has 8 heteroatoms. The van der Waals surface area contributed by atoms with Crippen LogP contribution in [0, 0.1) is 27.9 Å². The Hall–Kier alpha value is -3.42. The van der Waals surface area contributed by atoms with Crippen molar-refractivity contribution in [2.45, 2.75) is 71.6 Å². The summed E-state index contributed by atoms with van der Waals surface area (Å²) >= 11 is 0. The highest BCUT2D eigenvalue weighted by atomic mass is 17.0. The fourth-order valence-corrected chi connectivity index (χ4v) is 4.71. The van der Waals surface area contributed by atoms with Gasteiger partial charge in [0.05, 0.1) is 0 Å². The Morgan fingerprint density at radius 3 is 2.19 bits per heavy atom. The molecule has 1 aliphatic carbocycles. The maximum atomic E-state index is 13.1. The van der Waals surface area contributed by atoms with Gasteiger partial charge >= 0.3 is 5.97 Å². The van der Waals surface area contributed by atoms with Gasteiger partial charge in [-0.3, -0.25) is 4.79 Å². The number of hydrogen-bond donors (Lipinski definition) is 1. The highest BCUT2D eigenvalue weighted by molar-refractivity contribution is 5.86. The van der Waals surface area contributed by atoms with Crippen molar-refractivity contribution in [1.82, 2.24) is 5.32 Å². The molecule has 8 nitrogen and oxygen atoms in total. The van der Waals surface area contributed by atoms with Crippen LogP contribution < -0.4 is 5.32 Å². The lowest BCUT2D eigenvalue weighted by atomic mass is 9.76. The Morgan fingerprint density at radius 1 is 0.972 bits per heavy atom. The number of hydrogen-bond acceptors (Lipinski definition) is 6. The number of amides is 1. The van der Waals surface area contributed by atoms with Gasteiger partial charge in [0.15, 0.2) is 0 Å². The van der Waals surface area contributed by atoms with Crippen LogP contribution in [0.3, 0.4) is 0 Å². The summed E-state index contributed by atoms with van der Waals surface area (Å²) in [4.78, 5) is 41.2. The summed E-state index contributed by atoms with van der Waals surface area (Å²) in [5.41, 5.74) is 2.31. The second kappa shape index (κ2) is 13.0. The van der Waals surface area contributed by atoms with Gasteiger partial charge in [0.25, 0.3) is 5.09 Å². The topological polar surface area (TPSA) is 108 Å². The van der Waals surface area contributed by atoms with E-state index < -0.39 is 23.2 Å². The van der Waals surface area contributed by atoms with E-state index in [1.54, 1.807) is 31.2 Å². The Balaban J connectivity index is 1.60. The Kier molecular flexibility index (Phi) is 9.85. The molecule has 1 N–H and O–H groups in total. The van der Waals surface area contributed by atoms with Crippen LogP contribution in [0.1, 0.15) is 69.2 Å². The molecule has 0 heterocycles. The molecule has 1 fully saturated rings. The molecular formula is C28H36N2O6. The Labute approximate surface area is 212 Å². The molecule has 1 aliphatic rings. The van der Waals surface area contributed by atoms with Crippen LogP contribution in [0.5, 0.6) is 0 Å². The quantitative estimate of drug-likeness (QED) is 0.261. The molecule has 2 aromatic rings. The minimum atomic E-state index is -0.822. The van der Waals surface area contributed by atoms with Crippen LogP contribution in [0.4, 0.5) is 0 Å². The maximum Gasteiger partial charge on any atom is 0.329 e. The number of esters is 1. The molecule has 36 heavy (non-hydrogen) atoms. The average Bonchev–Trinajstić information content (AvgIpc) is 2.87. The van der Waals surface area contributed by atoms with Crippen molar-refractivity contribution in [2.75, 3.05) is 0 Å².